The van der Waals surface area contributed by atoms with Crippen molar-refractivity contribution in [2.45, 2.75) is 0 Å². The summed E-state index contributed by atoms with van der Waals surface area (Å²) >= 11 is 0. The molecule has 0 aliphatic heterocycles. The van der Waals surface area contributed by atoms with Crippen molar-refractivity contribution in [3.63, 3.8) is 0 Å². The van der Waals surface area contributed by atoms with Crippen LogP contribution in [0, 0.1) is 41.7 Å². The van der Waals surface area contributed by atoms with Crippen LogP contribution in [0.15, 0.2) is 0 Å². The molecule has 0 aromatic rings. The standard InChI is InChI=1S/Ce.Li.H3O4P.H/c;;1-5(2,3)4;/h;;(H3,1,2,3,4);/q;+1;;-1. The Hall–Kier alpha value is 2.08. The maximum Gasteiger partial charge on any atom is 1.00 e. The smallest absolute Gasteiger partial charge is 1.00 e. The summed E-state index contributed by atoms with van der Waals surface area (Å²) in [6, 6.07) is 0. The SMILES string of the molecule is O=P(O)(O)O.[Ce].[H-].[Li+]. The predicted molar refractivity (Wildman–Crippen MR) is 15.4 cm³/mol. The number of phosphoric acid groups is 1. The van der Waals surface area contributed by atoms with Gasteiger partial charge in [0.1, 0.15) is 0 Å². The van der Waals surface area contributed by atoms with Gasteiger partial charge >= 0.3 is 26.7 Å². The van der Waals surface area contributed by atoms with E-state index in [4.69, 9.17) is 19.2 Å². The van der Waals surface area contributed by atoms with Crippen LogP contribution in [0.5, 0.6) is 0 Å². The largest absolute Gasteiger partial charge is 1.00 e. The van der Waals surface area contributed by atoms with Crippen LogP contribution in [0.4, 0.5) is 0 Å². The Morgan fingerprint density at radius 1 is 1.29 bits per heavy atom. The molecule has 3 N–H and O–H groups in total. The third-order valence-electron chi connectivity index (χ3n) is 0. The minimum atomic E-state index is -4.64. The van der Waals surface area contributed by atoms with E-state index in [1.165, 1.54) is 0 Å². The summed E-state index contributed by atoms with van der Waals surface area (Å²) in [7, 11) is -4.64. The maximum atomic E-state index is 8.88. The van der Waals surface area contributed by atoms with Gasteiger partial charge in [-0.25, -0.2) is 4.57 Å². The average Bonchev–Trinajstić information content (AvgIpc) is 0.722. The van der Waals surface area contributed by atoms with Crippen molar-refractivity contribution in [2.24, 2.45) is 0 Å². The molecule has 0 atom stereocenters. The fourth-order valence-corrected chi connectivity index (χ4v) is 0. The van der Waals surface area contributed by atoms with Gasteiger partial charge in [-0.3, -0.25) is 0 Å². The Bertz CT molecular complexity index is 62.2. The van der Waals surface area contributed by atoms with Gasteiger partial charge in [-0.05, 0) is 0 Å². The number of rotatable bonds is 0. The summed E-state index contributed by atoms with van der Waals surface area (Å²) in [5, 5.41) is 0. The number of hydrogen-bond acceptors (Lipinski definition) is 1. The fourth-order valence-electron chi connectivity index (χ4n) is 0. The zero-order chi connectivity index (χ0) is 4.50. The van der Waals surface area contributed by atoms with E-state index in [0.717, 1.165) is 0 Å². The molecule has 0 saturated heterocycles. The zero-order valence-corrected chi connectivity index (χ0v) is 7.73. The van der Waals surface area contributed by atoms with E-state index in [1.807, 2.05) is 0 Å². The van der Waals surface area contributed by atoms with Crippen LogP contribution < -0.4 is 18.9 Å². The molecule has 0 spiro atoms. The molecule has 0 rings (SSSR count). The molecular weight excluding hydrogens is 242 g/mol. The van der Waals surface area contributed by atoms with Crippen LogP contribution in [-0.2, 0) is 4.57 Å². The molecule has 7 heteroatoms. The first kappa shape index (κ1) is 16.0. The molecule has 4 nitrogen and oxygen atoms in total. The molecule has 7 heavy (non-hydrogen) atoms. The molecule has 0 aliphatic carbocycles. The summed E-state index contributed by atoms with van der Waals surface area (Å²) in [5.74, 6) is 0. The van der Waals surface area contributed by atoms with Crippen molar-refractivity contribution in [2.75, 3.05) is 0 Å². The summed E-state index contributed by atoms with van der Waals surface area (Å²) in [4.78, 5) is 21.6. The van der Waals surface area contributed by atoms with E-state index in [2.05, 4.69) is 0 Å². The number of hydrogen-bond donors (Lipinski definition) is 3. The predicted octanol–water partition coefficient (Wildman–Crippen LogP) is -3.81. The molecule has 0 saturated carbocycles. The summed E-state index contributed by atoms with van der Waals surface area (Å²) in [6.07, 6.45) is 0. The van der Waals surface area contributed by atoms with E-state index >= 15 is 0 Å². The summed E-state index contributed by atoms with van der Waals surface area (Å²) < 4.78 is 8.88. The van der Waals surface area contributed by atoms with Gasteiger partial charge in [0.25, 0.3) is 0 Å². The van der Waals surface area contributed by atoms with E-state index in [-0.39, 0.29) is 62.0 Å². The van der Waals surface area contributed by atoms with E-state index in [9.17, 15) is 0 Å². The van der Waals surface area contributed by atoms with E-state index in [0.29, 0.717) is 0 Å². The summed E-state index contributed by atoms with van der Waals surface area (Å²) in [5.41, 5.74) is 0. The molecule has 0 bridgehead atoms. The first-order valence-corrected chi connectivity index (χ1v) is 2.35. The first-order chi connectivity index (χ1) is 2.00. The molecule has 0 aromatic carbocycles. The van der Waals surface area contributed by atoms with Crippen LogP contribution in [0.3, 0.4) is 0 Å². The molecule has 0 amide bonds. The van der Waals surface area contributed by atoms with Gasteiger partial charge in [0.2, 0.25) is 0 Å². The second-order valence-corrected chi connectivity index (χ2v) is 1.54. The second-order valence-electron chi connectivity index (χ2n) is 0.513. The summed E-state index contributed by atoms with van der Waals surface area (Å²) in [6.45, 7) is 0. The quantitative estimate of drug-likeness (QED) is 0.302. The third kappa shape index (κ3) is 68.9. The Kier molecular flexibility index (Phi) is 14.2. The average molecular weight is 246 g/mol. The molecule has 0 aromatic heterocycles. The van der Waals surface area contributed by atoms with Crippen LogP contribution in [0.1, 0.15) is 1.43 Å². The van der Waals surface area contributed by atoms with E-state index < -0.39 is 7.82 Å². The first-order valence-electron chi connectivity index (χ1n) is 0.783. The van der Waals surface area contributed by atoms with Crippen LogP contribution in [0.2, 0.25) is 0 Å². The maximum absolute atomic E-state index is 8.88. The zero-order valence-electron chi connectivity index (χ0n) is 4.70. The molecule has 38 valence electrons. The third-order valence-corrected chi connectivity index (χ3v) is 0. The fraction of sp³-hybridized carbons (Fsp3) is 0. The molecule has 0 aliphatic rings. The van der Waals surface area contributed by atoms with Gasteiger partial charge in [-0.2, -0.15) is 0 Å². The normalized spacial score (nSPS) is 8.43. The van der Waals surface area contributed by atoms with Gasteiger partial charge in [-0.1, -0.05) is 0 Å². The topological polar surface area (TPSA) is 77.8 Å². The van der Waals surface area contributed by atoms with Crippen LogP contribution >= 0.6 is 7.82 Å². The second kappa shape index (κ2) is 6.21. The Morgan fingerprint density at radius 2 is 1.29 bits per heavy atom. The van der Waals surface area contributed by atoms with Gasteiger partial charge in [0.15, 0.2) is 0 Å². The Labute approximate surface area is 88.0 Å². The Morgan fingerprint density at radius 3 is 1.29 bits per heavy atom. The van der Waals surface area contributed by atoms with Crippen molar-refractivity contribution in [1.82, 2.24) is 0 Å². The van der Waals surface area contributed by atoms with E-state index in [1.54, 1.807) is 0 Å². The van der Waals surface area contributed by atoms with Gasteiger partial charge in [-0.15, -0.1) is 0 Å². The monoisotopic (exact) mass is 246 g/mol. The Balaban J connectivity index is -0.0000000267. The van der Waals surface area contributed by atoms with Crippen molar-refractivity contribution in [3.05, 3.63) is 0 Å². The minimum Gasteiger partial charge on any atom is -1.00 e. The molecule has 0 fully saturated rings. The van der Waals surface area contributed by atoms with Gasteiger partial charge < -0.3 is 16.1 Å². The minimum absolute atomic E-state index is 0. The molecule has 0 radical (unpaired) electrons. The van der Waals surface area contributed by atoms with Crippen molar-refractivity contribution in [3.8, 4) is 0 Å². The molecular formula is H4CeLiO4P. The van der Waals surface area contributed by atoms with Crippen LogP contribution in [0.25, 0.3) is 0 Å². The van der Waals surface area contributed by atoms with Crippen molar-refractivity contribution in [1.29, 1.82) is 0 Å². The van der Waals surface area contributed by atoms with Gasteiger partial charge in [0, 0.05) is 41.7 Å². The van der Waals surface area contributed by atoms with Crippen molar-refractivity contribution < 1.29 is 81.3 Å². The molecule has 0 unspecified atom stereocenters. The molecule has 0 heterocycles. The van der Waals surface area contributed by atoms with Gasteiger partial charge in [0.05, 0.1) is 0 Å². The van der Waals surface area contributed by atoms with Crippen LogP contribution in [-0.4, -0.2) is 14.7 Å². The van der Waals surface area contributed by atoms with Crippen molar-refractivity contribution >= 4 is 7.82 Å².